The van der Waals surface area contributed by atoms with Crippen LogP contribution in [0.1, 0.15) is 21.5 Å². The highest BCUT2D eigenvalue weighted by Crippen LogP contribution is 2.32. The summed E-state index contributed by atoms with van der Waals surface area (Å²) in [6.45, 7) is 2.26. The molecular formula is C20H17ClN2O3S. The van der Waals surface area contributed by atoms with Crippen LogP contribution in [-0.4, -0.2) is 35.0 Å². The molecule has 0 unspecified atom stereocenters. The van der Waals surface area contributed by atoms with Crippen LogP contribution in [0, 0.1) is 6.92 Å². The van der Waals surface area contributed by atoms with Crippen molar-refractivity contribution in [3.63, 3.8) is 0 Å². The van der Waals surface area contributed by atoms with Crippen molar-refractivity contribution in [1.82, 2.24) is 10.2 Å². The largest absolute Gasteiger partial charge is 0.350 e. The maximum atomic E-state index is 12.4. The second-order valence-electron chi connectivity index (χ2n) is 6.01. The molecule has 0 saturated carbocycles. The fraction of sp³-hybridized carbons (Fsp3) is 0.150. The van der Waals surface area contributed by atoms with E-state index in [1.54, 1.807) is 42.5 Å². The summed E-state index contributed by atoms with van der Waals surface area (Å²) >= 11 is 6.74. The van der Waals surface area contributed by atoms with Gasteiger partial charge in [-0.15, -0.1) is 0 Å². The van der Waals surface area contributed by atoms with Gasteiger partial charge in [0.05, 0.1) is 4.91 Å². The number of aryl methyl sites for hydroxylation is 1. The van der Waals surface area contributed by atoms with Gasteiger partial charge in [0.25, 0.3) is 17.1 Å². The molecule has 1 N–H and O–H groups in total. The second kappa shape index (κ2) is 8.41. The average Bonchev–Trinajstić information content (AvgIpc) is 2.91. The number of nitrogens with one attached hydrogen (secondary N) is 1. The minimum Gasteiger partial charge on any atom is -0.350 e. The number of carbonyl (C=O) groups is 3. The predicted molar refractivity (Wildman–Crippen MR) is 108 cm³/mol. The SMILES string of the molecule is Cc1ccc(C(=O)NCCN2C(=O)S/C(=C\c3ccc(Cl)cc3)C2=O)cc1. The predicted octanol–water partition coefficient (Wildman–Crippen LogP) is 4.11. The van der Waals surface area contributed by atoms with Gasteiger partial charge in [-0.25, -0.2) is 0 Å². The molecule has 1 aliphatic heterocycles. The highest BCUT2D eigenvalue weighted by atomic mass is 35.5. The van der Waals surface area contributed by atoms with Gasteiger partial charge < -0.3 is 5.32 Å². The Bertz CT molecular complexity index is 908. The van der Waals surface area contributed by atoms with Crippen molar-refractivity contribution in [1.29, 1.82) is 0 Å². The first-order valence-corrected chi connectivity index (χ1v) is 9.49. The number of carbonyl (C=O) groups excluding carboxylic acids is 3. The molecule has 27 heavy (non-hydrogen) atoms. The Hall–Kier alpha value is -2.57. The minimum absolute atomic E-state index is 0.125. The van der Waals surface area contributed by atoms with Gasteiger partial charge in [0.15, 0.2) is 0 Å². The molecule has 0 aromatic heterocycles. The van der Waals surface area contributed by atoms with Crippen LogP contribution >= 0.6 is 23.4 Å². The van der Waals surface area contributed by atoms with E-state index >= 15 is 0 Å². The van der Waals surface area contributed by atoms with Gasteiger partial charge in [0.2, 0.25) is 0 Å². The van der Waals surface area contributed by atoms with E-state index in [-0.39, 0.29) is 30.1 Å². The third kappa shape index (κ3) is 4.78. The lowest BCUT2D eigenvalue weighted by Gasteiger charge is -2.13. The molecule has 0 radical (unpaired) electrons. The normalized spacial score (nSPS) is 15.5. The summed E-state index contributed by atoms with van der Waals surface area (Å²) < 4.78 is 0. The smallest absolute Gasteiger partial charge is 0.293 e. The molecule has 0 aliphatic carbocycles. The van der Waals surface area contributed by atoms with Crippen LogP contribution in [0.3, 0.4) is 0 Å². The second-order valence-corrected chi connectivity index (χ2v) is 7.44. The molecule has 138 valence electrons. The first-order valence-electron chi connectivity index (χ1n) is 8.30. The molecule has 1 heterocycles. The fourth-order valence-corrected chi connectivity index (χ4v) is 3.48. The summed E-state index contributed by atoms with van der Waals surface area (Å²) in [5, 5.41) is 2.99. The first-order chi connectivity index (χ1) is 12.9. The molecule has 1 aliphatic rings. The van der Waals surface area contributed by atoms with Gasteiger partial charge in [-0.1, -0.05) is 41.4 Å². The van der Waals surface area contributed by atoms with Gasteiger partial charge in [-0.2, -0.15) is 0 Å². The maximum absolute atomic E-state index is 12.4. The molecule has 1 saturated heterocycles. The van der Waals surface area contributed by atoms with Crippen LogP contribution in [0.2, 0.25) is 5.02 Å². The summed E-state index contributed by atoms with van der Waals surface area (Å²) in [6, 6.07) is 14.2. The van der Waals surface area contributed by atoms with Gasteiger partial charge in [-0.05, 0) is 54.6 Å². The van der Waals surface area contributed by atoms with Gasteiger partial charge >= 0.3 is 0 Å². The van der Waals surface area contributed by atoms with Crippen LogP contribution < -0.4 is 5.32 Å². The van der Waals surface area contributed by atoms with Crippen LogP contribution in [0.15, 0.2) is 53.4 Å². The zero-order valence-corrected chi connectivity index (χ0v) is 16.1. The van der Waals surface area contributed by atoms with Crippen molar-refractivity contribution in [2.75, 3.05) is 13.1 Å². The lowest BCUT2D eigenvalue weighted by Crippen LogP contribution is -2.37. The van der Waals surface area contributed by atoms with Crippen LogP contribution in [0.4, 0.5) is 4.79 Å². The van der Waals surface area contributed by atoms with Crippen LogP contribution in [-0.2, 0) is 4.79 Å². The summed E-state index contributed by atoms with van der Waals surface area (Å²) in [5.74, 6) is -0.594. The quantitative estimate of drug-likeness (QED) is 0.767. The van der Waals surface area contributed by atoms with E-state index < -0.39 is 0 Å². The Labute approximate surface area is 166 Å². The van der Waals surface area contributed by atoms with E-state index in [4.69, 9.17) is 11.6 Å². The molecule has 2 aromatic carbocycles. The Morgan fingerprint density at radius 2 is 1.78 bits per heavy atom. The van der Waals surface area contributed by atoms with Crippen molar-refractivity contribution in [3.05, 3.63) is 75.1 Å². The fourth-order valence-electron chi connectivity index (χ4n) is 2.49. The summed E-state index contributed by atoms with van der Waals surface area (Å²) in [5.41, 5.74) is 2.40. The van der Waals surface area contributed by atoms with Gasteiger partial charge in [0, 0.05) is 23.7 Å². The Morgan fingerprint density at radius 3 is 2.44 bits per heavy atom. The monoisotopic (exact) mass is 400 g/mol. The van der Waals surface area contributed by atoms with E-state index in [0.29, 0.717) is 15.5 Å². The molecule has 0 spiro atoms. The van der Waals surface area contributed by atoms with Crippen molar-refractivity contribution in [2.45, 2.75) is 6.92 Å². The maximum Gasteiger partial charge on any atom is 0.293 e. The Kier molecular flexibility index (Phi) is 5.98. The van der Waals surface area contributed by atoms with Crippen molar-refractivity contribution in [2.24, 2.45) is 0 Å². The molecule has 5 nitrogen and oxygen atoms in total. The standard InChI is InChI=1S/C20H17ClN2O3S/c1-13-2-6-15(7-3-13)18(24)22-10-11-23-19(25)17(27-20(23)26)12-14-4-8-16(21)9-5-14/h2-9,12H,10-11H2,1H3,(H,22,24)/b17-12-. The third-order valence-electron chi connectivity index (χ3n) is 3.98. The number of amides is 3. The zero-order chi connectivity index (χ0) is 19.4. The molecule has 0 atom stereocenters. The molecule has 3 rings (SSSR count). The molecule has 0 bridgehead atoms. The number of rotatable bonds is 5. The highest BCUT2D eigenvalue weighted by molar-refractivity contribution is 8.18. The topological polar surface area (TPSA) is 66.5 Å². The lowest BCUT2D eigenvalue weighted by atomic mass is 10.1. The lowest BCUT2D eigenvalue weighted by molar-refractivity contribution is -0.122. The zero-order valence-electron chi connectivity index (χ0n) is 14.6. The van der Waals surface area contributed by atoms with E-state index in [2.05, 4.69) is 5.32 Å². The number of hydrogen-bond acceptors (Lipinski definition) is 4. The minimum atomic E-state index is -0.357. The summed E-state index contributed by atoms with van der Waals surface area (Å²) in [6.07, 6.45) is 1.66. The van der Waals surface area contributed by atoms with Crippen molar-refractivity contribution >= 4 is 46.5 Å². The Morgan fingerprint density at radius 1 is 1.11 bits per heavy atom. The van der Waals surface area contributed by atoms with Gasteiger partial charge in [0.1, 0.15) is 0 Å². The molecule has 1 fully saturated rings. The number of nitrogens with zero attached hydrogens (tertiary/aromatic N) is 1. The average molecular weight is 401 g/mol. The third-order valence-corrected chi connectivity index (χ3v) is 5.14. The van der Waals surface area contributed by atoms with Gasteiger partial charge in [-0.3, -0.25) is 19.3 Å². The van der Waals surface area contributed by atoms with E-state index in [1.165, 1.54) is 0 Å². The first kappa shape index (κ1) is 19.2. The van der Waals surface area contributed by atoms with E-state index in [9.17, 15) is 14.4 Å². The van der Waals surface area contributed by atoms with E-state index in [1.807, 2.05) is 19.1 Å². The molecule has 7 heteroatoms. The molecule has 2 aromatic rings. The number of imide groups is 1. The molecule has 3 amide bonds. The van der Waals surface area contributed by atoms with Crippen molar-refractivity contribution in [3.8, 4) is 0 Å². The number of thioether (sulfide) groups is 1. The number of hydrogen-bond donors (Lipinski definition) is 1. The molecular weight excluding hydrogens is 384 g/mol. The number of benzene rings is 2. The summed E-state index contributed by atoms with van der Waals surface area (Å²) in [4.78, 5) is 38.2. The van der Waals surface area contributed by atoms with Crippen molar-refractivity contribution < 1.29 is 14.4 Å². The number of halogens is 1. The van der Waals surface area contributed by atoms with Crippen LogP contribution in [0.25, 0.3) is 6.08 Å². The summed E-state index contributed by atoms with van der Waals surface area (Å²) in [7, 11) is 0. The Balaban J connectivity index is 1.58. The highest BCUT2D eigenvalue weighted by Gasteiger charge is 2.34. The van der Waals surface area contributed by atoms with Crippen LogP contribution in [0.5, 0.6) is 0 Å². The van der Waals surface area contributed by atoms with E-state index in [0.717, 1.165) is 27.8 Å².